The van der Waals surface area contributed by atoms with Crippen LogP contribution in [0.25, 0.3) is 0 Å². The summed E-state index contributed by atoms with van der Waals surface area (Å²) in [5, 5.41) is 9.80. The fourth-order valence-corrected chi connectivity index (χ4v) is 3.50. The lowest BCUT2D eigenvalue weighted by Crippen LogP contribution is -2.15. The third-order valence-corrected chi connectivity index (χ3v) is 4.58. The summed E-state index contributed by atoms with van der Waals surface area (Å²) in [5.41, 5.74) is 1.43. The van der Waals surface area contributed by atoms with Crippen LogP contribution in [0.3, 0.4) is 0 Å². The smallest absolute Gasteiger partial charge is 0.129 e. The Morgan fingerprint density at radius 3 is 2.88 bits per heavy atom. The quantitative estimate of drug-likeness (QED) is 0.861. The number of hydrogen-bond donors (Lipinski definition) is 1. The Kier molecular flexibility index (Phi) is 4.59. The van der Waals surface area contributed by atoms with Crippen LogP contribution in [-0.2, 0) is 6.42 Å². The fraction of sp³-hybridized carbons (Fsp3) is 0.385. The van der Waals surface area contributed by atoms with E-state index in [1.807, 2.05) is 7.05 Å². The Morgan fingerprint density at radius 1 is 1.41 bits per heavy atom. The molecule has 0 aliphatic rings. The largest absolute Gasteiger partial charge is 0.496 e. The normalized spacial score (nSPS) is 12.6. The van der Waals surface area contributed by atoms with E-state index in [0.29, 0.717) is 6.04 Å². The average molecular weight is 267 g/mol. The highest BCUT2D eigenvalue weighted by Crippen LogP contribution is 2.29. The van der Waals surface area contributed by atoms with Gasteiger partial charge >= 0.3 is 0 Å². The average Bonchev–Trinajstić information content (AvgIpc) is 3.00. The van der Waals surface area contributed by atoms with Crippen LogP contribution in [0.15, 0.2) is 28.3 Å². The van der Waals surface area contributed by atoms with Gasteiger partial charge in [-0.1, -0.05) is 0 Å². The van der Waals surface area contributed by atoms with Crippen LogP contribution < -0.4 is 10.1 Å². The van der Waals surface area contributed by atoms with Crippen molar-refractivity contribution in [3.05, 3.63) is 38.7 Å². The third kappa shape index (κ3) is 3.31. The molecule has 0 amide bonds. The van der Waals surface area contributed by atoms with Gasteiger partial charge in [0.25, 0.3) is 0 Å². The lowest BCUT2D eigenvalue weighted by Gasteiger charge is -2.13. The first-order valence-electron chi connectivity index (χ1n) is 5.64. The highest BCUT2D eigenvalue weighted by atomic mass is 32.1. The molecular weight excluding hydrogens is 250 g/mol. The summed E-state index contributed by atoms with van der Waals surface area (Å²) in [7, 11) is 3.73. The number of aryl methyl sites for hydroxylation is 1. The van der Waals surface area contributed by atoms with Crippen LogP contribution in [0, 0.1) is 0 Å². The molecule has 0 fully saturated rings. The number of methoxy groups -OCH3 is 1. The molecule has 2 nitrogen and oxygen atoms in total. The summed E-state index contributed by atoms with van der Waals surface area (Å²) in [6.45, 7) is 0. The molecule has 92 valence electrons. The second-order valence-electron chi connectivity index (χ2n) is 3.90. The van der Waals surface area contributed by atoms with Gasteiger partial charge < -0.3 is 10.1 Å². The van der Waals surface area contributed by atoms with Gasteiger partial charge in [0.15, 0.2) is 0 Å². The van der Waals surface area contributed by atoms with Crippen LogP contribution in [0.1, 0.15) is 22.9 Å². The molecule has 2 heterocycles. The van der Waals surface area contributed by atoms with Gasteiger partial charge in [-0.3, -0.25) is 0 Å². The molecular formula is C13H17NOS2. The standard InChI is InChI=1S/C13H17NOS2/c1-14-12(4-3-10-5-6-16-8-10)13-7-11(15-2)9-17-13/h5-9,12,14H,3-4H2,1-2H3. The molecule has 2 aromatic rings. The van der Waals surface area contributed by atoms with E-state index < -0.39 is 0 Å². The molecule has 0 spiro atoms. The van der Waals surface area contributed by atoms with E-state index in [1.165, 1.54) is 10.4 Å². The van der Waals surface area contributed by atoms with Gasteiger partial charge in [0.05, 0.1) is 7.11 Å². The summed E-state index contributed by atoms with van der Waals surface area (Å²) in [6.07, 6.45) is 2.24. The second kappa shape index (κ2) is 6.19. The van der Waals surface area contributed by atoms with Crippen LogP contribution in [0.5, 0.6) is 5.75 Å². The van der Waals surface area contributed by atoms with Crippen molar-refractivity contribution in [2.75, 3.05) is 14.2 Å². The molecule has 17 heavy (non-hydrogen) atoms. The maximum absolute atomic E-state index is 5.22. The number of nitrogens with one attached hydrogen (secondary N) is 1. The Balaban J connectivity index is 1.96. The first-order valence-corrected chi connectivity index (χ1v) is 7.46. The second-order valence-corrected chi connectivity index (χ2v) is 5.62. The van der Waals surface area contributed by atoms with Gasteiger partial charge in [0, 0.05) is 16.3 Å². The summed E-state index contributed by atoms with van der Waals surface area (Å²) in [6, 6.07) is 4.75. The van der Waals surface area contributed by atoms with Crippen LogP contribution in [0.2, 0.25) is 0 Å². The van der Waals surface area contributed by atoms with Gasteiger partial charge in [0.2, 0.25) is 0 Å². The van der Waals surface area contributed by atoms with Crippen molar-refractivity contribution in [1.82, 2.24) is 5.32 Å². The molecule has 0 aliphatic carbocycles. The zero-order valence-electron chi connectivity index (χ0n) is 10.1. The van der Waals surface area contributed by atoms with Crippen LogP contribution in [-0.4, -0.2) is 14.2 Å². The van der Waals surface area contributed by atoms with Gasteiger partial charge in [-0.05, 0) is 48.3 Å². The summed E-state index contributed by atoms with van der Waals surface area (Å²) < 4.78 is 5.22. The Hall–Kier alpha value is -0.840. The number of hydrogen-bond acceptors (Lipinski definition) is 4. The molecule has 0 bridgehead atoms. The minimum absolute atomic E-state index is 0.420. The first-order chi connectivity index (χ1) is 8.33. The lowest BCUT2D eigenvalue weighted by atomic mass is 10.1. The number of ether oxygens (including phenoxy) is 1. The molecule has 1 N–H and O–H groups in total. The van der Waals surface area contributed by atoms with E-state index in [9.17, 15) is 0 Å². The third-order valence-electron chi connectivity index (χ3n) is 2.83. The summed E-state index contributed by atoms with van der Waals surface area (Å²) in [4.78, 5) is 1.35. The maximum Gasteiger partial charge on any atom is 0.129 e. The fourth-order valence-electron chi connectivity index (χ4n) is 1.80. The minimum Gasteiger partial charge on any atom is -0.496 e. The van der Waals surface area contributed by atoms with Crippen molar-refractivity contribution in [2.24, 2.45) is 0 Å². The Labute approximate surface area is 110 Å². The van der Waals surface area contributed by atoms with Crippen molar-refractivity contribution < 1.29 is 4.74 Å². The van der Waals surface area contributed by atoms with Gasteiger partial charge in [-0.15, -0.1) is 11.3 Å². The van der Waals surface area contributed by atoms with E-state index in [2.05, 4.69) is 33.6 Å². The van der Waals surface area contributed by atoms with E-state index in [-0.39, 0.29) is 0 Å². The molecule has 2 rings (SSSR count). The lowest BCUT2D eigenvalue weighted by molar-refractivity contribution is 0.415. The van der Waals surface area contributed by atoms with Gasteiger partial charge in [-0.25, -0.2) is 0 Å². The predicted octanol–water partition coefficient (Wildman–Crippen LogP) is 3.71. The molecule has 0 saturated carbocycles. The number of rotatable bonds is 6. The van der Waals surface area contributed by atoms with E-state index >= 15 is 0 Å². The topological polar surface area (TPSA) is 21.3 Å². The SMILES string of the molecule is CNC(CCc1ccsc1)c1cc(OC)cs1. The molecule has 0 aromatic carbocycles. The maximum atomic E-state index is 5.22. The highest BCUT2D eigenvalue weighted by molar-refractivity contribution is 7.10. The van der Waals surface area contributed by atoms with E-state index in [0.717, 1.165) is 18.6 Å². The molecule has 0 radical (unpaired) electrons. The van der Waals surface area contributed by atoms with Crippen molar-refractivity contribution >= 4 is 22.7 Å². The van der Waals surface area contributed by atoms with Crippen LogP contribution in [0.4, 0.5) is 0 Å². The van der Waals surface area contributed by atoms with Crippen molar-refractivity contribution in [1.29, 1.82) is 0 Å². The zero-order chi connectivity index (χ0) is 12.1. The van der Waals surface area contributed by atoms with Crippen LogP contribution >= 0.6 is 22.7 Å². The molecule has 0 saturated heterocycles. The molecule has 1 atom stereocenters. The van der Waals surface area contributed by atoms with Crippen molar-refractivity contribution in [3.63, 3.8) is 0 Å². The predicted molar refractivity (Wildman–Crippen MR) is 75.3 cm³/mol. The minimum atomic E-state index is 0.420. The van der Waals surface area contributed by atoms with Gasteiger partial charge in [-0.2, -0.15) is 11.3 Å². The molecule has 0 aliphatic heterocycles. The van der Waals surface area contributed by atoms with E-state index in [1.54, 1.807) is 29.8 Å². The van der Waals surface area contributed by atoms with Gasteiger partial charge in [0.1, 0.15) is 5.75 Å². The molecule has 2 aromatic heterocycles. The van der Waals surface area contributed by atoms with Crippen molar-refractivity contribution in [2.45, 2.75) is 18.9 Å². The summed E-state index contributed by atoms with van der Waals surface area (Å²) >= 11 is 3.52. The van der Waals surface area contributed by atoms with Crippen molar-refractivity contribution in [3.8, 4) is 5.75 Å². The molecule has 1 unspecified atom stereocenters. The Morgan fingerprint density at radius 2 is 2.29 bits per heavy atom. The Bertz CT molecular complexity index is 436. The highest BCUT2D eigenvalue weighted by Gasteiger charge is 2.12. The molecule has 4 heteroatoms. The first kappa shape index (κ1) is 12.6. The summed E-state index contributed by atoms with van der Waals surface area (Å²) in [5.74, 6) is 0.959. The number of thiophene rings is 2. The zero-order valence-corrected chi connectivity index (χ0v) is 11.7. The van der Waals surface area contributed by atoms with E-state index in [4.69, 9.17) is 4.74 Å². The monoisotopic (exact) mass is 267 g/mol.